The van der Waals surface area contributed by atoms with E-state index in [0.717, 1.165) is 6.26 Å². The molecule has 0 aromatic heterocycles. The largest absolute Gasteiger partial charge is 0.488 e. The fourth-order valence-corrected chi connectivity index (χ4v) is 3.59. The van der Waals surface area contributed by atoms with Gasteiger partial charge in [-0.15, -0.1) is 0 Å². The van der Waals surface area contributed by atoms with Crippen molar-refractivity contribution in [2.45, 2.75) is 39.3 Å². The van der Waals surface area contributed by atoms with Gasteiger partial charge in [-0.3, -0.25) is 4.79 Å². The van der Waals surface area contributed by atoms with Crippen molar-refractivity contribution in [1.29, 1.82) is 0 Å². The summed E-state index contributed by atoms with van der Waals surface area (Å²) in [5.74, 6) is 0.337. The van der Waals surface area contributed by atoms with Crippen LogP contribution in [-0.4, -0.2) is 75.1 Å². The van der Waals surface area contributed by atoms with E-state index < -0.39 is 16.1 Å². The third kappa shape index (κ3) is 6.60. The minimum Gasteiger partial charge on any atom is -0.488 e. The third-order valence-electron chi connectivity index (χ3n) is 4.98. The highest BCUT2D eigenvalue weighted by Crippen LogP contribution is 2.28. The second kappa shape index (κ2) is 9.65. The first-order valence-corrected chi connectivity index (χ1v) is 11.7. The smallest absolute Gasteiger partial charge is 0.319 e. The van der Waals surface area contributed by atoms with Gasteiger partial charge in [0.2, 0.25) is 15.9 Å². The number of nitrogens with zero attached hydrogens (tertiary/aromatic N) is 2. The van der Waals surface area contributed by atoms with Crippen LogP contribution in [0, 0.1) is 5.92 Å². The number of rotatable bonds is 5. The second-order valence-electron chi connectivity index (χ2n) is 8.20. The number of nitrogens with one attached hydrogen (secondary N) is 2. The van der Waals surface area contributed by atoms with Crippen molar-refractivity contribution in [1.82, 2.24) is 14.5 Å². The predicted octanol–water partition coefficient (Wildman–Crippen LogP) is 1.51. The number of amides is 3. The summed E-state index contributed by atoms with van der Waals surface area (Å²) in [5.41, 5.74) is 1.18. The van der Waals surface area contributed by atoms with Crippen LogP contribution in [0.1, 0.15) is 26.3 Å². The monoisotopic (exact) mass is 440 g/mol. The Kier molecular flexibility index (Phi) is 7.70. The maximum absolute atomic E-state index is 12.7. The first kappa shape index (κ1) is 23.9. The number of ether oxygens (including phenoxy) is 1. The average molecular weight is 441 g/mol. The van der Waals surface area contributed by atoms with Crippen LogP contribution in [0.4, 0.5) is 10.5 Å². The molecule has 9 nitrogen and oxygen atoms in total. The van der Waals surface area contributed by atoms with Gasteiger partial charge in [-0.05, 0) is 32.0 Å². The van der Waals surface area contributed by atoms with Crippen molar-refractivity contribution in [2.75, 3.05) is 38.8 Å². The molecule has 0 unspecified atom stereocenters. The van der Waals surface area contributed by atoms with Crippen molar-refractivity contribution in [3.8, 4) is 5.75 Å². The molecule has 1 aromatic rings. The summed E-state index contributed by atoms with van der Waals surface area (Å²) >= 11 is 0. The molecule has 168 valence electrons. The van der Waals surface area contributed by atoms with Crippen LogP contribution in [0.25, 0.3) is 0 Å². The molecule has 2 atom stereocenters. The SMILES string of the molecule is CC(C)NC(=O)Nc1ccc2c(c1)CC(=O)N(C)C[C@@H](C)[C@H](CN(C)S(C)(=O)=O)O2. The van der Waals surface area contributed by atoms with Gasteiger partial charge < -0.3 is 20.3 Å². The summed E-state index contributed by atoms with van der Waals surface area (Å²) in [4.78, 5) is 26.3. The van der Waals surface area contributed by atoms with Crippen LogP contribution in [0.15, 0.2) is 18.2 Å². The molecule has 30 heavy (non-hydrogen) atoms. The van der Waals surface area contributed by atoms with Crippen molar-refractivity contribution in [2.24, 2.45) is 5.92 Å². The molecule has 1 aromatic carbocycles. The van der Waals surface area contributed by atoms with Crippen LogP contribution in [0.2, 0.25) is 0 Å². The zero-order chi connectivity index (χ0) is 22.6. The maximum atomic E-state index is 12.7. The number of hydrogen-bond donors (Lipinski definition) is 2. The summed E-state index contributed by atoms with van der Waals surface area (Å²) in [5, 5.41) is 5.50. The molecule has 0 saturated heterocycles. The Morgan fingerprint density at radius 2 is 2.03 bits per heavy atom. The number of benzene rings is 1. The first-order chi connectivity index (χ1) is 13.9. The molecule has 2 N–H and O–H groups in total. The standard InChI is InChI=1S/C20H32N4O5S/c1-13(2)21-20(26)22-16-7-8-17-15(9-16)10-19(25)23(4)11-14(3)18(29-17)12-24(5)30(6,27)28/h7-9,13-14,18H,10-12H2,1-6H3,(H2,21,22,26)/t14-,18+/m1/s1. The van der Waals surface area contributed by atoms with Gasteiger partial charge in [-0.2, -0.15) is 0 Å². The fourth-order valence-electron chi connectivity index (χ4n) is 3.17. The summed E-state index contributed by atoms with van der Waals surface area (Å²) < 4.78 is 31.2. The Balaban J connectivity index is 2.34. The summed E-state index contributed by atoms with van der Waals surface area (Å²) in [6, 6.07) is 4.78. The average Bonchev–Trinajstić information content (AvgIpc) is 2.64. The highest BCUT2D eigenvalue weighted by molar-refractivity contribution is 7.88. The fraction of sp³-hybridized carbons (Fsp3) is 0.600. The van der Waals surface area contributed by atoms with E-state index in [1.54, 1.807) is 30.1 Å². The molecule has 1 aliphatic heterocycles. The number of fused-ring (bicyclic) bond motifs is 1. The third-order valence-corrected chi connectivity index (χ3v) is 6.27. The highest BCUT2D eigenvalue weighted by atomic mass is 32.2. The van der Waals surface area contributed by atoms with Gasteiger partial charge in [0, 0.05) is 43.9 Å². The van der Waals surface area contributed by atoms with E-state index in [0.29, 0.717) is 23.5 Å². The van der Waals surface area contributed by atoms with Crippen molar-refractivity contribution < 1.29 is 22.7 Å². The van der Waals surface area contributed by atoms with Gasteiger partial charge in [0.25, 0.3) is 0 Å². The van der Waals surface area contributed by atoms with E-state index in [1.165, 1.54) is 11.4 Å². The minimum absolute atomic E-state index is 0.00880. The van der Waals surface area contributed by atoms with Gasteiger partial charge in [0.05, 0.1) is 19.2 Å². The molecule has 0 saturated carbocycles. The van der Waals surface area contributed by atoms with Crippen molar-refractivity contribution >= 4 is 27.6 Å². The van der Waals surface area contributed by atoms with E-state index >= 15 is 0 Å². The van der Waals surface area contributed by atoms with Crippen LogP contribution in [-0.2, 0) is 21.2 Å². The van der Waals surface area contributed by atoms with Gasteiger partial charge >= 0.3 is 6.03 Å². The first-order valence-electron chi connectivity index (χ1n) is 9.89. The molecule has 0 bridgehead atoms. The molecule has 2 rings (SSSR count). The number of hydrogen-bond acceptors (Lipinski definition) is 5. The van der Waals surface area contributed by atoms with Gasteiger partial charge in [0.1, 0.15) is 11.9 Å². The molecule has 10 heteroatoms. The number of carbonyl (C=O) groups is 2. The molecule has 3 amide bonds. The molecule has 1 heterocycles. The summed E-state index contributed by atoms with van der Waals surface area (Å²) in [6.45, 7) is 6.26. The molecule has 1 aliphatic rings. The van der Waals surface area contributed by atoms with E-state index in [2.05, 4.69) is 10.6 Å². The van der Waals surface area contributed by atoms with Crippen LogP contribution < -0.4 is 15.4 Å². The maximum Gasteiger partial charge on any atom is 0.319 e. The zero-order valence-electron chi connectivity index (χ0n) is 18.4. The Morgan fingerprint density at radius 3 is 2.63 bits per heavy atom. The molecule has 0 aliphatic carbocycles. The predicted molar refractivity (Wildman–Crippen MR) is 116 cm³/mol. The van der Waals surface area contributed by atoms with E-state index in [-0.39, 0.29) is 36.9 Å². The molecular formula is C20H32N4O5S. The molecule has 0 radical (unpaired) electrons. The number of anilines is 1. The van der Waals surface area contributed by atoms with Crippen molar-refractivity contribution in [3.63, 3.8) is 0 Å². The van der Waals surface area contributed by atoms with Gasteiger partial charge in [-0.1, -0.05) is 6.92 Å². The Labute approximate surface area is 178 Å². The lowest BCUT2D eigenvalue weighted by molar-refractivity contribution is -0.129. The minimum atomic E-state index is -3.37. The lowest BCUT2D eigenvalue weighted by atomic mass is 10.0. The quantitative estimate of drug-likeness (QED) is 0.722. The van der Waals surface area contributed by atoms with E-state index in [9.17, 15) is 18.0 Å². The summed E-state index contributed by atoms with van der Waals surface area (Å²) in [7, 11) is -0.140. The van der Waals surface area contributed by atoms with Crippen LogP contribution in [0.5, 0.6) is 5.75 Å². The van der Waals surface area contributed by atoms with Crippen molar-refractivity contribution in [3.05, 3.63) is 23.8 Å². The Bertz CT molecular complexity index is 887. The molecule has 0 spiro atoms. The van der Waals surface area contributed by atoms with E-state index in [1.807, 2.05) is 20.8 Å². The number of carbonyl (C=O) groups excluding carboxylic acids is 2. The van der Waals surface area contributed by atoms with Crippen LogP contribution >= 0.6 is 0 Å². The molecular weight excluding hydrogens is 408 g/mol. The number of sulfonamides is 1. The topological polar surface area (TPSA) is 108 Å². The lowest BCUT2D eigenvalue weighted by Gasteiger charge is -2.30. The van der Waals surface area contributed by atoms with Gasteiger partial charge in [0.15, 0.2) is 0 Å². The second-order valence-corrected chi connectivity index (χ2v) is 10.3. The highest BCUT2D eigenvalue weighted by Gasteiger charge is 2.29. The Hall–Kier alpha value is -2.33. The van der Waals surface area contributed by atoms with E-state index in [4.69, 9.17) is 4.74 Å². The van der Waals surface area contributed by atoms with Crippen LogP contribution in [0.3, 0.4) is 0 Å². The molecule has 0 fully saturated rings. The normalized spacial score (nSPS) is 20.1. The summed E-state index contributed by atoms with van der Waals surface area (Å²) in [6.07, 6.45) is 0.824. The zero-order valence-corrected chi connectivity index (χ0v) is 19.2. The lowest BCUT2D eigenvalue weighted by Crippen LogP contribution is -2.43. The number of urea groups is 1. The number of likely N-dealkylation sites (N-methyl/N-ethyl adjacent to an activating group) is 2. The Morgan fingerprint density at radius 1 is 1.37 bits per heavy atom. The van der Waals surface area contributed by atoms with Gasteiger partial charge in [-0.25, -0.2) is 17.5 Å².